The zero-order chi connectivity index (χ0) is 9.80. The van der Waals surface area contributed by atoms with Crippen LogP contribution in [0.25, 0.3) is 0 Å². The number of benzene rings is 1. The second-order valence-corrected chi connectivity index (χ2v) is 3.21. The van der Waals surface area contributed by atoms with Gasteiger partial charge in [-0.2, -0.15) is 4.80 Å². The van der Waals surface area contributed by atoms with Crippen LogP contribution in [-0.4, -0.2) is 20.2 Å². The van der Waals surface area contributed by atoms with Gasteiger partial charge >= 0.3 is 0 Å². The Morgan fingerprint density at radius 1 is 1.29 bits per heavy atom. The van der Waals surface area contributed by atoms with Gasteiger partial charge in [0.2, 0.25) is 0 Å². The Labute approximate surface area is 82.6 Å². The Bertz CT molecular complexity index is 394. The van der Waals surface area contributed by atoms with E-state index < -0.39 is 0 Å². The standard InChI is InChI=1S/C10H12N4/c1-9-4-2-3-5-10(9)6-7-14-12-8-11-13-14/h2-5,8H,6-7H2,1H3. The van der Waals surface area contributed by atoms with E-state index in [1.54, 1.807) is 4.80 Å². The maximum absolute atomic E-state index is 3.96. The number of hydrogen-bond donors (Lipinski definition) is 0. The van der Waals surface area contributed by atoms with E-state index in [9.17, 15) is 0 Å². The van der Waals surface area contributed by atoms with Gasteiger partial charge < -0.3 is 0 Å². The van der Waals surface area contributed by atoms with Crippen molar-refractivity contribution < 1.29 is 0 Å². The van der Waals surface area contributed by atoms with E-state index >= 15 is 0 Å². The quantitative estimate of drug-likeness (QED) is 0.727. The molecule has 4 nitrogen and oxygen atoms in total. The molecule has 0 amide bonds. The molecule has 14 heavy (non-hydrogen) atoms. The number of nitrogens with zero attached hydrogens (tertiary/aromatic N) is 4. The van der Waals surface area contributed by atoms with E-state index in [2.05, 4.69) is 40.5 Å². The van der Waals surface area contributed by atoms with Crippen LogP contribution in [0.4, 0.5) is 0 Å². The van der Waals surface area contributed by atoms with Gasteiger partial charge in [-0.3, -0.25) is 0 Å². The van der Waals surface area contributed by atoms with Crippen molar-refractivity contribution >= 4 is 0 Å². The minimum absolute atomic E-state index is 0.783. The van der Waals surface area contributed by atoms with Crippen LogP contribution < -0.4 is 0 Å². The van der Waals surface area contributed by atoms with Crippen LogP contribution in [-0.2, 0) is 13.0 Å². The van der Waals surface area contributed by atoms with E-state index in [4.69, 9.17) is 0 Å². The molecular formula is C10H12N4. The lowest BCUT2D eigenvalue weighted by atomic mass is 10.1. The van der Waals surface area contributed by atoms with E-state index in [0.717, 1.165) is 13.0 Å². The van der Waals surface area contributed by atoms with Crippen molar-refractivity contribution in [2.45, 2.75) is 19.9 Å². The van der Waals surface area contributed by atoms with Crippen LogP contribution >= 0.6 is 0 Å². The molecule has 0 aliphatic carbocycles. The molecular weight excluding hydrogens is 176 g/mol. The van der Waals surface area contributed by atoms with Gasteiger partial charge in [-0.1, -0.05) is 24.3 Å². The smallest absolute Gasteiger partial charge is 0.162 e. The highest BCUT2D eigenvalue weighted by Crippen LogP contribution is 2.07. The first-order chi connectivity index (χ1) is 6.86. The van der Waals surface area contributed by atoms with Crippen molar-refractivity contribution in [3.63, 3.8) is 0 Å². The van der Waals surface area contributed by atoms with Gasteiger partial charge in [-0.05, 0) is 29.7 Å². The zero-order valence-corrected chi connectivity index (χ0v) is 8.09. The first kappa shape index (κ1) is 8.87. The Kier molecular flexibility index (Phi) is 2.53. The molecule has 4 heteroatoms. The van der Waals surface area contributed by atoms with E-state index in [0.29, 0.717) is 0 Å². The van der Waals surface area contributed by atoms with Crippen molar-refractivity contribution in [2.24, 2.45) is 0 Å². The monoisotopic (exact) mass is 188 g/mol. The molecule has 1 aromatic heterocycles. The number of rotatable bonds is 3. The van der Waals surface area contributed by atoms with Gasteiger partial charge in [0, 0.05) is 0 Å². The van der Waals surface area contributed by atoms with Crippen molar-refractivity contribution in [1.82, 2.24) is 20.2 Å². The summed E-state index contributed by atoms with van der Waals surface area (Å²) in [5.74, 6) is 0. The van der Waals surface area contributed by atoms with Crippen LogP contribution in [0.3, 0.4) is 0 Å². The van der Waals surface area contributed by atoms with E-state index in [1.165, 1.54) is 17.5 Å². The molecule has 0 atom stereocenters. The summed E-state index contributed by atoms with van der Waals surface area (Å²) in [4.78, 5) is 1.60. The first-order valence-electron chi connectivity index (χ1n) is 4.61. The fourth-order valence-corrected chi connectivity index (χ4v) is 1.40. The third-order valence-corrected chi connectivity index (χ3v) is 2.23. The normalized spacial score (nSPS) is 10.4. The molecule has 0 saturated heterocycles. The van der Waals surface area contributed by atoms with Gasteiger partial charge in [-0.25, -0.2) is 0 Å². The molecule has 0 bridgehead atoms. The third-order valence-electron chi connectivity index (χ3n) is 2.23. The third kappa shape index (κ3) is 1.96. The molecule has 0 N–H and O–H groups in total. The lowest BCUT2D eigenvalue weighted by Crippen LogP contribution is -2.05. The SMILES string of the molecule is Cc1ccccc1CCn1ncnn1. The molecule has 2 rings (SSSR count). The predicted molar refractivity (Wildman–Crippen MR) is 52.7 cm³/mol. The van der Waals surface area contributed by atoms with Crippen LogP contribution in [0.5, 0.6) is 0 Å². The van der Waals surface area contributed by atoms with Gasteiger partial charge in [-0.15, -0.1) is 10.2 Å². The molecule has 1 aromatic carbocycles. The molecule has 0 aliphatic rings. The largest absolute Gasteiger partial charge is 0.164 e. The summed E-state index contributed by atoms with van der Waals surface area (Å²) in [7, 11) is 0. The summed E-state index contributed by atoms with van der Waals surface area (Å²) < 4.78 is 0. The molecule has 0 unspecified atom stereocenters. The minimum atomic E-state index is 0.783. The highest BCUT2D eigenvalue weighted by Gasteiger charge is 1.98. The van der Waals surface area contributed by atoms with Crippen molar-refractivity contribution in [1.29, 1.82) is 0 Å². The summed E-state index contributed by atoms with van der Waals surface area (Å²) in [5.41, 5.74) is 2.65. The summed E-state index contributed by atoms with van der Waals surface area (Å²) in [5, 5.41) is 11.4. The Balaban J connectivity index is 2.02. The van der Waals surface area contributed by atoms with Gasteiger partial charge in [0.25, 0.3) is 0 Å². The van der Waals surface area contributed by atoms with Crippen molar-refractivity contribution in [2.75, 3.05) is 0 Å². The number of tetrazole rings is 1. The fourth-order valence-electron chi connectivity index (χ4n) is 1.40. The summed E-state index contributed by atoms with van der Waals surface area (Å²) >= 11 is 0. The molecule has 0 fully saturated rings. The zero-order valence-electron chi connectivity index (χ0n) is 8.09. The van der Waals surface area contributed by atoms with Gasteiger partial charge in [0.1, 0.15) is 0 Å². The lowest BCUT2D eigenvalue weighted by Gasteiger charge is -2.03. The Morgan fingerprint density at radius 3 is 2.86 bits per heavy atom. The first-order valence-corrected chi connectivity index (χ1v) is 4.61. The van der Waals surface area contributed by atoms with Gasteiger partial charge in [0.05, 0.1) is 6.54 Å². The molecule has 2 aromatic rings. The number of aryl methyl sites for hydroxylation is 3. The molecule has 0 spiro atoms. The van der Waals surface area contributed by atoms with E-state index in [-0.39, 0.29) is 0 Å². The molecule has 0 radical (unpaired) electrons. The maximum Gasteiger partial charge on any atom is 0.162 e. The second-order valence-electron chi connectivity index (χ2n) is 3.21. The Hall–Kier alpha value is -1.71. The highest BCUT2D eigenvalue weighted by molar-refractivity contribution is 5.25. The minimum Gasteiger partial charge on any atom is -0.164 e. The Morgan fingerprint density at radius 2 is 2.14 bits per heavy atom. The highest BCUT2D eigenvalue weighted by atomic mass is 15.6. The topological polar surface area (TPSA) is 43.6 Å². The molecule has 0 saturated carbocycles. The van der Waals surface area contributed by atoms with Crippen LogP contribution in [0.15, 0.2) is 30.6 Å². The maximum atomic E-state index is 3.96. The lowest BCUT2D eigenvalue weighted by molar-refractivity contribution is 0.522. The number of aromatic nitrogens is 4. The van der Waals surface area contributed by atoms with Crippen LogP contribution in [0, 0.1) is 6.92 Å². The van der Waals surface area contributed by atoms with E-state index in [1.807, 2.05) is 6.07 Å². The predicted octanol–water partition coefficient (Wildman–Crippen LogP) is 1.22. The molecule has 72 valence electrons. The fraction of sp³-hybridized carbons (Fsp3) is 0.300. The molecule has 1 heterocycles. The van der Waals surface area contributed by atoms with Crippen LogP contribution in [0.1, 0.15) is 11.1 Å². The summed E-state index contributed by atoms with van der Waals surface area (Å²) in [6, 6.07) is 8.35. The van der Waals surface area contributed by atoms with Crippen molar-refractivity contribution in [3.05, 3.63) is 41.7 Å². The van der Waals surface area contributed by atoms with Crippen molar-refractivity contribution in [3.8, 4) is 0 Å². The average Bonchev–Trinajstić information content (AvgIpc) is 2.69. The summed E-state index contributed by atoms with van der Waals surface area (Å²) in [6.45, 7) is 2.90. The number of hydrogen-bond acceptors (Lipinski definition) is 3. The van der Waals surface area contributed by atoms with Gasteiger partial charge in [0.15, 0.2) is 6.33 Å². The van der Waals surface area contributed by atoms with Crippen LogP contribution in [0.2, 0.25) is 0 Å². The summed E-state index contributed by atoms with van der Waals surface area (Å²) in [6.07, 6.45) is 2.40. The second kappa shape index (κ2) is 4.00. The average molecular weight is 188 g/mol. The molecule has 0 aliphatic heterocycles.